The summed E-state index contributed by atoms with van der Waals surface area (Å²) >= 11 is 5.95. The van der Waals surface area contributed by atoms with Crippen LogP contribution in [0.3, 0.4) is 0 Å². The van der Waals surface area contributed by atoms with E-state index in [0.29, 0.717) is 27.8 Å². The second kappa shape index (κ2) is 5.33. The number of carbonyl (C=O) groups is 1. The molecule has 0 spiro atoms. The first-order valence-corrected chi connectivity index (χ1v) is 6.19. The van der Waals surface area contributed by atoms with Crippen molar-refractivity contribution >= 4 is 23.1 Å². The summed E-state index contributed by atoms with van der Waals surface area (Å²) in [5.41, 5.74) is 7.66. The molecule has 0 aliphatic carbocycles. The maximum Gasteiger partial charge on any atom is 0.161 e. The van der Waals surface area contributed by atoms with Crippen molar-refractivity contribution in [3.8, 4) is 11.5 Å². The first-order valence-electron chi connectivity index (χ1n) is 5.82. The molecule has 3 nitrogen and oxygen atoms in total. The van der Waals surface area contributed by atoms with E-state index in [1.807, 2.05) is 13.0 Å². The molecule has 0 amide bonds. The maximum atomic E-state index is 11.3. The summed E-state index contributed by atoms with van der Waals surface area (Å²) in [6.45, 7) is 3.39. The molecule has 2 rings (SSSR count). The summed E-state index contributed by atoms with van der Waals surface area (Å²) < 4.78 is 5.68. The van der Waals surface area contributed by atoms with Gasteiger partial charge in [-0.3, -0.25) is 4.79 Å². The van der Waals surface area contributed by atoms with Crippen molar-refractivity contribution in [2.24, 2.45) is 0 Å². The Balaban J connectivity index is 2.26. The van der Waals surface area contributed by atoms with Crippen LogP contribution in [0.25, 0.3) is 0 Å². The van der Waals surface area contributed by atoms with Gasteiger partial charge in [-0.05, 0) is 49.7 Å². The average molecular weight is 276 g/mol. The van der Waals surface area contributed by atoms with Gasteiger partial charge >= 0.3 is 0 Å². The Hall–Kier alpha value is -2.00. The van der Waals surface area contributed by atoms with Gasteiger partial charge in [-0.1, -0.05) is 11.6 Å². The summed E-state index contributed by atoms with van der Waals surface area (Å²) in [4.78, 5) is 11.3. The van der Waals surface area contributed by atoms with Gasteiger partial charge in [0.1, 0.15) is 11.5 Å². The van der Waals surface area contributed by atoms with E-state index in [0.717, 1.165) is 5.56 Å². The van der Waals surface area contributed by atoms with Gasteiger partial charge in [0.15, 0.2) is 5.78 Å². The van der Waals surface area contributed by atoms with Gasteiger partial charge in [-0.25, -0.2) is 0 Å². The first-order chi connectivity index (χ1) is 8.97. The number of hydrogen-bond acceptors (Lipinski definition) is 3. The van der Waals surface area contributed by atoms with Gasteiger partial charge in [0.25, 0.3) is 0 Å². The number of ether oxygens (including phenoxy) is 1. The van der Waals surface area contributed by atoms with Crippen LogP contribution in [0.5, 0.6) is 11.5 Å². The minimum Gasteiger partial charge on any atom is -0.457 e. The molecule has 0 fully saturated rings. The van der Waals surface area contributed by atoms with Crippen LogP contribution in [-0.2, 0) is 0 Å². The minimum absolute atomic E-state index is 0.0635. The van der Waals surface area contributed by atoms with Crippen molar-refractivity contribution in [2.45, 2.75) is 13.8 Å². The lowest BCUT2D eigenvalue weighted by atomic mass is 10.1. The predicted octanol–water partition coefficient (Wildman–Crippen LogP) is 4.23. The molecule has 0 atom stereocenters. The topological polar surface area (TPSA) is 52.3 Å². The van der Waals surface area contributed by atoms with Crippen molar-refractivity contribution in [1.82, 2.24) is 0 Å². The van der Waals surface area contributed by atoms with Crippen molar-refractivity contribution in [3.63, 3.8) is 0 Å². The molecule has 2 aromatic carbocycles. The minimum atomic E-state index is -0.0635. The highest BCUT2D eigenvalue weighted by Crippen LogP contribution is 2.28. The third-order valence-electron chi connectivity index (χ3n) is 2.77. The molecular weight excluding hydrogens is 262 g/mol. The zero-order valence-electron chi connectivity index (χ0n) is 10.7. The first kappa shape index (κ1) is 13.4. The van der Waals surface area contributed by atoms with E-state index in [1.54, 1.807) is 30.3 Å². The highest BCUT2D eigenvalue weighted by atomic mass is 35.5. The number of nitrogens with two attached hydrogens (primary N) is 1. The number of carbonyl (C=O) groups excluding carboxylic acids is 1. The molecule has 0 aromatic heterocycles. The molecule has 2 aromatic rings. The summed E-state index contributed by atoms with van der Waals surface area (Å²) in [5, 5.41) is 0.693. The number of ketones is 1. The number of anilines is 1. The molecule has 19 heavy (non-hydrogen) atoms. The van der Waals surface area contributed by atoms with Gasteiger partial charge < -0.3 is 10.5 Å². The SMILES string of the molecule is CC(=O)c1ccc(Oc2ccc(Cl)c(C)c2)cc1N. The third-order valence-corrected chi connectivity index (χ3v) is 3.19. The van der Waals surface area contributed by atoms with Crippen LogP contribution < -0.4 is 10.5 Å². The molecule has 0 aliphatic rings. The molecule has 98 valence electrons. The van der Waals surface area contributed by atoms with Gasteiger partial charge in [-0.2, -0.15) is 0 Å². The Bertz CT molecular complexity index is 638. The second-order valence-corrected chi connectivity index (χ2v) is 4.73. The fraction of sp³-hybridized carbons (Fsp3) is 0.133. The summed E-state index contributed by atoms with van der Waals surface area (Å²) in [5.74, 6) is 1.20. The lowest BCUT2D eigenvalue weighted by Crippen LogP contribution is -1.99. The zero-order valence-corrected chi connectivity index (χ0v) is 11.5. The number of nitrogen functional groups attached to an aromatic ring is 1. The molecule has 0 aliphatic heterocycles. The molecule has 0 saturated heterocycles. The lowest BCUT2D eigenvalue weighted by Gasteiger charge is -2.09. The molecular formula is C15H14ClNO2. The molecule has 0 radical (unpaired) electrons. The summed E-state index contributed by atoms with van der Waals surface area (Å²) in [7, 11) is 0. The lowest BCUT2D eigenvalue weighted by molar-refractivity contribution is 0.101. The number of halogens is 1. The van der Waals surface area contributed by atoms with Crippen LogP contribution >= 0.6 is 11.6 Å². The molecule has 0 unspecified atom stereocenters. The van der Waals surface area contributed by atoms with E-state index in [1.165, 1.54) is 6.92 Å². The maximum absolute atomic E-state index is 11.3. The van der Waals surface area contributed by atoms with E-state index in [2.05, 4.69) is 0 Å². The molecule has 0 bridgehead atoms. The fourth-order valence-corrected chi connectivity index (χ4v) is 1.86. The van der Waals surface area contributed by atoms with Gasteiger partial charge in [0.05, 0.1) is 0 Å². The van der Waals surface area contributed by atoms with E-state index >= 15 is 0 Å². The van der Waals surface area contributed by atoms with Crippen LogP contribution in [0.2, 0.25) is 5.02 Å². The monoisotopic (exact) mass is 275 g/mol. The van der Waals surface area contributed by atoms with Gasteiger partial charge in [0, 0.05) is 22.3 Å². The van der Waals surface area contributed by atoms with Crippen LogP contribution in [0.15, 0.2) is 36.4 Å². The predicted molar refractivity (Wildman–Crippen MR) is 77.1 cm³/mol. The van der Waals surface area contributed by atoms with Gasteiger partial charge in [0.2, 0.25) is 0 Å². The Morgan fingerprint density at radius 1 is 1.16 bits per heavy atom. The van der Waals surface area contributed by atoms with Crippen molar-refractivity contribution in [1.29, 1.82) is 0 Å². The molecule has 0 heterocycles. The fourth-order valence-electron chi connectivity index (χ4n) is 1.74. The molecule has 0 saturated carbocycles. The quantitative estimate of drug-likeness (QED) is 0.674. The second-order valence-electron chi connectivity index (χ2n) is 4.32. The number of hydrogen-bond donors (Lipinski definition) is 1. The third kappa shape index (κ3) is 3.06. The van der Waals surface area contributed by atoms with Crippen molar-refractivity contribution in [3.05, 3.63) is 52.5 Å². The van der Waals surface area contributed by atoms with Crippen LogP contribution in [-0.4, -0.2) is 5.78 Å². The van der Waals surface area contributed by atoms with E-state index in [-0.39, 0.29) is 5.78 Å². The Kier molecular flexibility index (Phi) is 3.76. The van der Waals surface area contributed by atoms with Gasteiger partial charge in [-0.15, -0.1) is 0 Å². The van der Waals surface area contributed by atoms with E-state index in [4.69, 9.17) is 22.1 Å². The highest BCUT2D eigenvalue weighted by Gasteiger charge is 2.07. The standard InChI is InChI=1S/C15H14ClNO2/c1-9-7-11(4-6-14(9)16)19-12-3-5-13(10(2)18)15(17)8-12/h3-8H,17H2,1-2H3. The number of benzene rings is 2. The van der Waals surface area contributed by atoms with Crippen molar-refractivity contribution in [2.75, 3.05) is 5.73 Å². The summed E-state index contributed by atoms with van der Waals surface area (Å²) in [6, 6.07) is 10.4. The van der Waals surface area contributed by atoms with Crippen LogP contribution in [0, 0.1) is 6.92 Å². The summed E-state index contributed by atoms with van der Waals surface area (Å²) in [6.07, 6.45) is 0. The Labute approximate surface area is 117 Å². The van der Waals surface area contributed by atoms with Crippen molar-refractivity contribution < 1.29 is 9.53 Å². The zero-order chi connectivity index (χ0) is 14.0. The number of aryl methyl sites for hydroxylation is 1. The van der Waals surface area contributed by atoms with E-state index in [9.17, 15) is 4.79 Å². The van der Waals surface area contributed by atoms with E-state index < -0.39 is 0 Å². The van der Waals surface area contributed by atoms with Crippen LogP contribution in [0.4, 0.5) is 5.69 Å². The largest absolute Gasteiger partial charge is 0.457 e. The number of Topliss-reactive ketones (excluding diaryl/α,β-unsaturated/α-hetero) is 1. The molecule has 2 N–H and O–H groups in total. The average Bonchev–Trinajstić information content (AvgIpc) is 2.33. The normalized spacial score (nSPS) is 10.3. The van der Waals surface area contributed by atoms with Crippen LogP contribution in [0.1, 0.15) is 22.8 Å². The Morgan fingerprint density at radius 3 is 2.37 bits per heavy atom. The Morgan fingerprint density at radius 2 is 1.79 bits per heavy atom. The highest BCUT2D eigenvalue weighted by molar-refractivity contribution is 6.31. The molecule has 4 heteroatoms. The smallest absolute Gasteiger partial charge is 0.161 e. The number of rotatable bonds is 3.